The molecule has 0 radical (unpaired) electrons. The molecule has 0 unspecified atom stereocenters. The third-order valence-electron chi connectivity index (χ3n) is 6.03. The van der Waals surface area contributed by atoms with Crippen LogP contribution in [-0.4, -0.2) is 60.5 Å². The zero-order valence-corrected chi connectivity index (χ0v) is 18.3. The Bertz CT molecular complexity index is 1380. The molecule has 9 heteroatoms. The van der Waals surface area contributed by atoms with Crippen LogP contribution < -0.4 is 9.80 Å². The molecule has 0 spiro atoms. The van der Waals surface area contributed by atoms with Crippen LogP contribution in [0.15, 0.2) is 73.7 Å². The number of anilines is 2. The second kappa shape index (κ2) is 8.01. The highest BCUT2D eigenvalue weighted by Crippen LogP contribution is 2.27. The Balaban J connectivity index is 1.19. The molecular formula is C24H23N9. The van der Waals surface area contributed by atoms with Gasteiger partial charge < -0.3 is 9.80 Å². The smallest absolute Gasteiger partial charge is 0.225 e. The average Bonchev–Trinajstić information content (AvgIpc) is 3.51. The van der Waals surface area contributed by atoms with Crippen LogP contribution in [0.3, 0.4) is 0 Å². The molecule has 6 rings (SSSR count). The van der Waals surface area contributed by atoms with Crippen molar-refractivity contribution in [3.63, 3.8) is 0 Å². The molecule has 9 nitrogen and oxygen atoms in total. The summed E-state index contributed by atoms with van der Waals surface area (Å²) in [5.41, 5.74) is 5.29. The van der Waals surface area contributed by atoms with Crippen LogP contribution in [0.4, 0.5) is 11.8 Å². The molecule has 0 saturated carbocycles. The van der Waals surface area contributed by atoms with E-state index >= 15 is 0 Å². The topological polar surface area (TPSA) is 80.3 Å². The normalized spacial score (nSPS) is 14.2. The lowest BCUT2D eigenvalue weighted by molar-refractivity contribution is 0.633. The van der Waals surface area contributed by atoms with E-state index in [4.69, 9.17) is 0 Å². The highest BCUT2D eigenvalue weighted by Gasteiger charge is 2.22. The molecule has 5 aromatic rings. The van der Waals surface area contributed by atoms with E-state index in [1.54, 1.807) is 11.0 Å². The van der Waals surface area contributed by atoms with Gasteiger partial charge in [-0.2, -0.15) is 10.2 Å². The molecular weight excluding hydrogens is 414 g/mol. The molecule has 4 aromatic heterocycles. The van der Waals surface area contributed by atoms with Gasteiger partial charge in [0.25, 0.3) is 0 Å². The summed E-state index contributed by atoms with van der Waals surface area (Å²) in [6, 6.07) is 12.3. The van der Waals surface area contributed by atoms with Crippen molar-refractivity contribution in [2.75, 3.05) is 36.0 Å². The van der Waals surface area contributed by atoms with Crippen molar-refractivity contribution in [3.8, 4) is 22.3 Å². The lowest BCUT2D eigenvalue weighted by Crippen LogP contribution is -2.47. The van der Waals surface area contributed by atoms with Gasteiger partial charge in [-0.05, 0) is 11.6 Å². The summed E-state index contributed by atoms with van der Waals surface area (Å²) < 4.78 is 3.69. The van der Waals surface area contributed by atoms with E-state index in [2.05, 4.69) is 53.1 Å². The summed E-state index contributed by atoms with van der Waals surface area (Å²) in [4.78, 5) is 18.4. The molecule has 1 aliphatic rings. The van der Waals surface area contributed by atoms with Gasteiger partial charge in [-0.15, -0.1) is 0 Å². The maximum absolute atomic E-state index is 4.62. The summed E-state index contributed by atoms with van der Waals surface area (Å²) in [5.74, 6) is 1.71. The summed E-state index contributed by atoms with van der Waals surface area (Å²) in [5, 5.41) is 8.69. The Hall–Kier alpha value is -4.27. The maximum atomic E-state index is 4.62. The van der Waals surface area contributed by atoms with E-state index < -0.39 is 0 Å². The number of hydrogen-bond donors (Lipinski definition) is 0. The fourth-order valence-electron chi connectivity index (χ4n) is 4.27. The Morgan fingerprint density at radius 2 is 1.45 bits per heavy atom. The van der Waals surface area contributed by atoms with E-state index in [0.29, 0.717) is 0 Å². The monoisotopic (exact) mass is 437 g/mol. The van der Waals surface area contributed by atoms with Gasteiger partial charge in [-0.25, -0.2) is 19.5 Å². The first kappa shape index (κ1) is 19.4. The van der Waals surface area contributed by atoms with E-state index in [0.717, 1.165) is 65.7 Å². The highest BCUT2D eigenvalue weighted by molar-refractivity contribution is 5.77. The standard InChI is InChI=1S/C24H23N9/c1-30-15-21(14-28-30)19-11-22-23(27-17-29-33(22)16-19)31-7-9-32(10-8-31)24-25-12-20(13-26-24)18-5-3-2-4-6-18/h2-6,11-17H,7-10H2,1H3. The minimum atomic E-state index is 0.767. The molecule has 1 aliphatic heterocycles. The molecule has 0 aliphatic carbocycles. The van der Waals surface area contributed by atoms with Gasteiger partial charge in [0.15, 0.2) is 5.82 Å². The molecule has 33 heavy (non-hydrogen) atoms. The van der Waals surface area contributed by atoms with Gasteiger partial charge in [-0.1, -0.05) is 30.3 Å². The summed E-state index contributed by atoms with van der Waals surface area (Å²) in [6.45, 7) is 3.34. The number of hydrogen-bond acceptors (Lipinski definition) is 7. The molecule has 5 heterocycles. The number of rotatable bonds is 4. The van der Waals surface area contributed by atoms with Crippen LogP contribution in [-0.2, 0) is 7.05 Å². The maximum Gasteiger partial charge on any atom is 0.225 e. The van der Waals surface area contributed by atoms with Crippen molar-refractivity contribution >= 4 is 17.3 Å². The summed E-state index contributed by atoms with van der Waals surface area (Å²) >= 11 is 0. The first-order chi connectivity index (χ1) is 16.2. The quantitative estimate of drug-likeness (QED) is 0.428. The number of piperazine rings is 1. The minimum absolute atomic E-state index is 0.767. The van der Waals surface area contributed by atoms with Crippen LogP contribution in [0.1, 0.15) is 0 Å². The predicted octanol–water partition coefficient (Wildman–Crippen LogP) is 2.91. The van der Waals surface area contributed by atoms with Gasteiger partial charge in [0.2, 0.25) is 5.95 Å². The average molecular weight is 438 g/mol. The predicted molar refractivity (Wildman–Crippen MR) is 127 cm³/mol. The third-order valence-corrected chi connectivity index (χ3v) is 6.03. The SMILES string of the molecule is Cn1cc(-c2cc3c(N4CCN(c5ncc(-c6ccccc6)cn5)CC4)ncnn3c2)cn1. The largest absolute Gasteiger partial charge is 0.351 e. The van der Waals surface area contributed by atoms with Gasteiger partial charge >= 0.3 is 0 Å². The second-order valence-corrected chi connectivity index (χ2v) is 8.16. The lowest BCUT2D eigenvalue weighted by atomic mass is 10.1. The van der Waals surface area contributed by atoms with Gasteiger partial charge in [0.1, 0.15) is 11.8 Å². The van der Waals surface area contributed by atoms with Crippen molar-refractivity contribution < 1.29 is 0 Å². The van der Waals surface area contributed by atoms with Crippen molar-refractivity contribution in [1.82, 2.24) is 34.3 Å². The number of fused-ring (bicyclic) bond motifs is 1. The molecule has 164 valence electrons. The van der Waals surface area contributed by atoms with Crippen LogP contribution >= 0.6 is 0 Å². The fraction of sp³-hybridized carbons (Fsp3) is 0.208. The molecule has 1 saturated heterocycles. The zero-order chi connectivity index (χ0) is 22.2. The molecule has 0 N–H and O–H groups in total. The van der Waals surface area contributed by atoms with E-state index in [1.807, 2.05) is 60.7 Å². The zero-order valence-electron chi connectivity index (χ0n) is 18.3. The van der Waals surface area contributed by atoms with Crippen LogP contribution in [0, 0.1) is 0 Å². The molecule has 1 aromatic carbocycles. The molecule has 0 amide bonds. The molecule has 1 fully saturated rings. The Morgan fingerprint density at radius 3 is 2.18 bits per heavy atom. The second-order valence-electron chi connectivity index (χ2n) is 8.16. The molecule has 0 atom stereocenters. The Kier molecular flexibility index (Phi) is 4.71. The number of aromatic nitrogens is 7. The van der Waals surface area contributed by atoms with Crippen molar-refractivity contribution in [2.24, 2.45) is 7.05 Å². The van der Waals surface area contributed by atoms with E-state index in [9.17, 15) is 0 Å². The van der Waals surface area contributed by atoms with Gasteiger partial charge in [0, 0.05) is 74.7 Å². The highest BCUT2D eigenvalue weighted by atomic mass is 15.4. The summed E-state index contributed by atoms with van der Waals surface area (Å²) in [7, 11) is 1.92. The Labute approximate surface area is 191 Å². The van der Waals surface area contributed by atoms with Crippen LogP contribution in [0.25, 0.3) is 27.8 Å². The van der Waals surface area contributed by atoms with E-state index in [-0.39, 0.29) is 0 Å². The van der Waals surface area contributed by atoms with Gasteiger partial charge in [-0.3, -0.25) is 4.68 Å². The van der Waals surface area contributed by atoms with Crippen molar-refractivity contribution in [3.05, 3.63) is 73.7 Å². The van der Waals surface area contributed by atoms with Crippen molar-refractivity contribution in [2.45, 2.75) is 0 Å². The summed E-state index contributed by atoms with van der Waals surface area (Å²) in [6.07, 6.45) is 11.3. The number of benzene rings is 1. The first-order valence-corrected chi connectivity index (χ1v) is 10.9. The van der Waals surface area contributed by atoms with Gasteiger partial charge in [0.05, 0.1) is 6.20 Å². The number of aryl methyl sites for hydroxylation is 1. The lowest BCUT2D eigenvalue weighted by Gasteiger charge is -2.35. The molecule has 0 bridgehead atoms. The third kappa shape index (κ3) is 3.67. The van der Waals surface area contributed by atoms with Crippen LogP contribution in [0.5, 0.6) is 0 Å². The fourth-order valence-corrected chi connectivity index (χ4v) is 4.27. The minimum Gasteiger partial charge on any atom is -0.351 e. The van der Waals surface area contributed by atoms with Crippen LogP contribution in [0.2, 0.25) is 0 Å². The van der Waals surface area contributed by atoms with E-state index in [1.165, 1.54) is 0 Å². The Morgan fingerprint density at radius 1 is 0.697 bits per heavy atom. The first-order valence-electron chi connectivity index (χ1n) is 10.9. The van der Waals surface area contributed by atoms with Crippen molar-refractivity contribution in [1.29, 1.82) is 0 Å². The number of nitrogens with zero attached hydrogens (tertiary/aromatic N) is 9.